The third-order valence-corrected chi connectivity index (χ3v) is 5.19. The molecule has 3 heterocycles. The van der Waals surface area contributed by atoms with Gasteiger partial charge >= 0.3 is 0 Å². The fourth-order valence-corrected chi connectivity index (χ4v) is 3.76. The van der Waals surface area contributed by atoms with E-state index in [0.29, 0.717) is 19.1 Å². The van der Waals surface area contributed by atoms with Gasteiger partial charge in [0.15, 0.2) is 5.82 Å². The monoisotopic (exact) mass is 340 g/mol. The van der Waals surface area contributed by atoms with Crippen LogP contribution in [-0.2, 0) is 9.53 Å². The molecule has 6 heteroatoms. The first-order chi connectivity index (χ1) is 12.2. The Balaban J connectivity index is 1.45. The molecule has 1 aromatic carbocycles. The van der Waals surface area contributed by atoms with Crippen molar-refractivity contribution in [2.45, 2.75) is 19.8 Å². The summed E-state index contributed by atoms with van der Waals surface area (Å²) in [7, 11) is 0. The summed E-state index contributed by atoms with van der Waals surface area (Å²) in [5, 5.41) is 0. The van der Waals surface area contributed by atoms with E-state index in [1.165, 1.54) is 0 Å². The summed E-state index contributed by atoms with van der Waals surface area (Å²) in [5.41, 5.74) is 2.81. The molecule has 0 N–H and O–H groups in total. The van der Waals surface area contributed by atoms with Crippen LogP contribution in [0.1, 0.15) is 18.5 Å². The summed E-state index contributed by atoms with van der Waals surface area (Å²) >= 11 is 0. The molecule has 2 aliphatic rings. The molecule has 0 spiro atoms. The molecule has 4 rings (SSSR count). The molecule has 0 bridgehead atoms. The number of ether oxygens (including phenoxy) is 1. The number of carbonyl (C=O) groups is 1. The SMILES string of the molecule is Cc1nc2ccccc2nc1N1CCC(C(=O)N2CCOCC2)CC1. The van der Waals surface area contributed by atoms with Crippen molar-refractivity contribution in [3.63, 3.8) is 0 Å². The number of hydrogen-bond acceptors (Lipinski definition) is 5. The molecule has 0 aliphatic carbocycles. The molecule has 1 amide bonds. The lowest BCUT2D eigenvalue weighted by molar-refractivity contribution is -0.140. The Bertz CT molecular complexity index is 765. The Morgan fingerprint density at radius 1 is 1.04 bits per heavy atom. The molecule has 2 saturated heterocycles. The number of amides is 1. The maximum Gasteiger partial charge on any atom is 0.225 e. The molecule has 25 heavy (non-hydrogen) atoms. The number of hydrogen-bond donors (Lipinski definition) is 0. The van der Waals surface area contributed by atoms with Crippen molar-refractivity contribution in [2.75, 3.05) is 44.3 Å². The molecule has 0 radical (unpaired) electrons. The third kappa shape index (κ3) is 3.31. The molecule has 0 atom stereocenters. The number of piperidine rings is 1. The summed E-state index contributed by atoms with van der Waals surface area (Å²) in [6, 6.07) is 7.97. The Labute approximate surface area is 147 Å². The number of benzene rings is 1. The highest BCUT2D eigenvalue weighted by Crippen LogP contribution is 2.26. The van der Waals surface area contributed by atoms with Crippen LogP contribution in [0.4, 0.5) is 5.82 Å². The van der Waals surface area contributed by atoms with Crippen LogP contribution in [-0.4, -0.2) is 60.2 Å². The summed E-state index contributed by atoms with van der Waals surface area (Å²) in [5.74, 6) is 1.38. The van der Waals surface area contributed by atoms with Gasteiger partial charge in [0, 0.05) is 32.1 Å². The maximum atomic E-state index is 12.7. The second-order valence-corrected chi connectivity index (χ2v) is 6.82. The molecule has 1 aromatic heterocycles. The molecule has 0 saturated carbocycles. The summed E-state index contributed by atoms with van der Waals surface area (Å²) in [4.78, 5) is 26.4. The van der Waals surface area contributed by atoms with E-state index in [4.69, 9.17) is 9.72 Å². The second kappa shape index (κ2) is 6.96. The number of nitrogens with zero attached hydrogens (tertiary/aromatic N) is 4. The van der Waals surface area contributed by atoms with Crippen LogP contribution < -0.4 is 4.90 Å². The fraction of sp³-hybridized carbons (Fsp3) is 0.526. The van der Waals surface area contributed by atoms with Gasteiger partial charge in [-0.3, -0.25) is 4.79 Å². The van der Waals surface area contributed by atoms with Crippen LogP contribution in [0.25, 0.3) is 11.0 Å². The molecular formula is C19H24N4O2. The van der Waals surface area contributed by atoms with E-state index in [2.05, 4.69) is 9.88 Å². The summed E-state index contributed by atoms with van der Waals surface area (Å²) < 4.78 is 5.34. The number of anilines is 1. The topological polar surface area (TPSA) is 58.6 Å². The van der Waals surface area contributed by atoms with Crippen molar-refractivity contribution < 1.29 is 9.53 Å². The van der Waals surface area contributed by atoms with Crippen LogP contribution in [0.5, 0.6) is 0 Å². The van der Waals surface area contributed by atoms with Crippen molar-refractivity contribution in [1.82, 2.24) is 14.9 Å². The molecule has 132 valence electrons. The summed E-state index contributed by atoms with van der Waals surface area (Å²) in [6.45, 7) is 6.51. The van der Waals surface area contributed by atoms with Gasteiger partial charge in [0.2, 0.25) is 5.91 Å². The molecule has 2 aliphatic heterocycles. The van der Waals surface area contributed by atoms with Crippen LogP contribution in [0.2, 0.25) is 0 Å². The number of aromatic nitrogens is 2. The van der Waals surface area contributed by atoms with E-state index in [9.17, 15) is 4.79 Å². The molecule has 2 fully saturated rings. The first-order valence-electron chi connectivity index (χ1n) is 9.07. The first kappa shape index (κ1) is 16.3. The largest absolute Gasteiger partial charge is 0.378 e. The lowest BCUT2D eigenvalue weighted by atomic mass is 9.95. The zero-order valence-corrected chi connectivity index (χ0v) is 14.6. The van der Waals surface area contributed by atoms with Gasteiger partial charge in [-0.05, 0) is 31.9 Å². The smallest absolute Gasteiger partial charge is 0.225 e. The van der Waals surface area contributed by atoms with Gasteiger partial charge in [0.25, 0.3) is 0 Å². The van der Waals surface area contributed by atoms with Crippen molar-refractivity contribution >= 4 is 22.8 Å². The lowest BCUT2D eigenvalue weighted by Gasteiger charge is -2.36. The Hall–Kier alpha value is -2.21. The number of rotatable bonds is 2. The molecule has 2 aromatic rings. The van der Waals surface area contributed by atoms with Crippen LogP contribution in [0, 0.1) is 12.8 Å². The third-order valence-electron chi connectivity index (χ3n) is 5.19. The number of fused-ring (bicyclic) bond motifs is 1. The van der Waals surface area contributed by atoms with Crippen LogP contribution in [0.3, 0.4) is 0 Å². The zero-order chi connectivity index (χ0) is 17.2. The van der Waals surface area contributed by atoms with Crippen molar-refractivity contribution in [3.8, 4) is 0 Å². The van der Waals surface area contributed by atoms with Crippen molar-refractivity contribution in [1.29, 1.82) is 0 Å². The minimum atomic E-state index is 0.128. The lowest BCUT2D eigenvalue weighted by Crippen LogP contribution is -2.47. The van der Waals surface area contributed by atoms with Crippen LogP contribution in [0.15, 0.2) is 24.3 Å². The van der Waals surface area contributed by atoms with Gasteiger partial charge in [-0.1, -0.05) is 12.1 Å². The van der Waals surface area contributed by atoms with Gasteiger partial charge < -0.3 is 14.5 Å². The number of para-hydroxylation sites is 2. The predicted octanol–water partition coefficient (Wildman–Crippen LogP) is 2.01. The quantitative estimate of drug-likeness (QED) is 0.837. The second-order valence-electron chi connectivity index (χ2n) is 6.82. The average Bonchev–Trinajstić information content (AvgIpc) is 2.68. The van der Waals surface area contributed by atoms with Crippen LogP contribution >= 0.6 is 0 Å². The van der Waals surface area contributed by atoms with E-state index < -0.39 is 0 Å². The summed E-state index contributed by atoms with van der Waals surface area (Å²) in [6.07, 6.45) is 1.76. The van der Waals surface area contributed by atoms with E-state index in [1.807, 2.05) is 36.1 Å². The highest BCUT2D eigenvalue weighted by atomic mass is 16.5. The van der Waals surface area contributed by atoms with Gasteiger partial charge in [-0.2, -0.15) is 0 Å². The van der Waals surface area contributed by atoms with E-state index >= 15 is 0 Å². The fourth-order valence-electron chi connectivity index (χ4n) is 3.76. The minimum Gasteiger partial charge on any atom is -0.378 e. The highest BCUT2D eigenvalue weighted by Gasteiger charge is 2.30. The van der Waals surface area contributed by atoms with Gasteiger partial charge in [0.1, 0.15) is 0 Å². The average molecular weight is 340 g/mol. The first-order valence-corrected chi connectivity index (χ1v) is 9.07. The van der Waals surface area contributed by atoms with E-state index in [-0.39, 0.29) is 5.92 Å². The van der Waals surface area contributed by atoms with Gasteiger partial charge in [-0.25, -0.2) is 9.97 Å². The zero-order valence-electron chi connectivity index (χ0n) is 14.6. The maximum absolute atomic E-state index is 12.7. The normalized spacial score (nSPS) is 19.4. The molecule has 6 nitrogen and oxygen atoms in total. The van der Waals surface area contributed by atoms with E-state index in [0.717, 1.165) is 61.6 Å². The Kier molecular flexibility index (Phi) is 4.53. The standard InChI is InChI=1S/C19H24N4O2/c1-14-18(21-17-5-3-2-4-16(17)20-14)22-8-6-15(7-9-22)19(24)23-10-12-25-13-11-23/h2-5,15H,6-13H2,1H3. The molecular weight excluding hydrogens is 316 g/mol. The van der Waals surface area contributed by atoms with Gasteiger partial charge in [0.05, 0.1) is 29.9 Å². The Morgan fingerprint density at radius 2 is 1.68 bits per heavy atom. The Morgan fingerprint density at radius 3 is 2.36 bits per heavy atom. The minimum absolute atomic E-state index is 0.128. The number of carbonyl (C=O) groups excluding carboxylic acids is 1. The van der Waals surface area contributed by atoms with Crippen molar-refractivity contribution in [3.05, 3.63) is 30.0 Å². The highest BCUT2D eigenvalue weighted by molar-refractivity contribution is 5.79. The van der Waals surface area contributed by atoms with Gasteiger partial charge in [-0.15, -0.1) is 0 Å². The number of aryl methyl sites for hydroxylation is 1. The van der Waals surface area contributed by atoms with E-state index in [1.54, 1.807) is 0 Å². The van der Waals surface area contributed by atoms with Crippen molar-refractivity contribution in [2.24, 2.45) is 5.92 Å². The number of morpholine rings is 1. The molecule has 0 unspecified atom stereocenters. The predicted molar refractivity (Wildman–Crippen MR) is 96.6 cm³/mol.